The molecular formula is C22H17F2N3O4. The van der Waals surface area contributed by atoms with E-state index in [1.807, 2.05) is 0 Å². The number of methoxy groups -OCH3 is 1. The van der Waals surface area contributed by atoms with Gasteiger partial charge >= 0.3 is 5.97 Å². The van der Waals surface area contributed by atoms with Crippen molar-refractivity contribution in [3.8, 4) is 11.4 Å². The molecule has 0 N–H and O–H groups in total. The third-order valence-electron chi connectivity index (χ3n) is 4.82. The van der Waals surface area contributed by atoms with Crippen LogP contribution in [0.5, 0.6) is 5.75 Å². The number of carbonyl (C=O) groups excluding carboxylic acids is 1. The van der Waals surface area contributed by atoms with Gasteiger partial charge in [-0.2, -0.15) is 14.2 Å². The Labute approximate surface area is 175 Å². The lowest BCUT2D eigenvalue weighted by Gasteiger charge is -2.19. The first-order valence-corrected chi connectivity index (χ1v) is 9.29. The van der Waals surface area contributed by atoms with E-state index in [1.165, 1.54) is 13.2 Å². The normalized spacial score (nSPS) is 12.0. The predicted octanol–water partition coefficient (Wildman–Crippen LogP) is 3.86. The largest absolute Gasteiger partial charge is 0.618 e. The molecule has 9 heteroatoms. The zero-order valence-corrected chi connectivity index (χ0v) is 16.6. The van der Waals surface area contributed by atoms with Crippen molar-refractivity contribution in [3.05, 3.63) is 89.0 Å². The van der Waals surface area contributed by atoms with Crippen LogP contribution in [-0.2, 0) is 4.74 Å². The van der Waals surface area contributed by atoms with Crippen LogP contribution >= 0.6 is 0 Å². The molecule has 0 aliphatic heterocycles. The van der Waals surface area contributed by atoms with Gasteiger partial charge in [-0.05, 0) is 43.3 Å². The standard InChI is InChI=1S/C22H17F2N3O4/c1-13(31-15-11-17-18(23)5-6-19(24)21(17)27(29)12-15)16-10-14(22(28)30-2)4-7-20(16)26-9-3-8-25-26/h3-13H,1-2H3. The Kier molecular flexibility index (Phi) is 5.24. The number of carbonyl (C=O) groups is 1. The van der Waals surface area contributed by atoms with E-state index in [0.717, 1.165) is 18.3 Å². The minimum atomic E-state index is -0.835. The highest BCUT2D eigenvalue weighted by atomic mass is 19.1. The van der Waals surface area contributed by atoms with E-state index in [2.05, 4.69) is 5.10 Å². The summed E-state index contributed by atoms with van der Waals surface area (Å²) < 4.78 is 40.6. The molecule has 0 fully saturated rings. The SMILES string of the molecule is COC(=O)c1ccc(-n2cccn2)c(C(C)Oc2cc3c(F)ccc(F)c3[n+]([O-])c2)c1. The number of ether oxygens (including phenoxy) is 2. The van der Waals surface area contributed by atoms with Crippen LogP contribution in [0, 0.1) is 16.8 Å². The summed E-state index contributed by atoms with van der Waals surface area (Å²) in [6.07, 6.45) is 3.67. The minimum absolute atomic E-state index is 0.0365. The summed E-state index contributed by atoms with van der Waals surface area (Å²) in [4.78, 5) is 12.0. The zero-order valence-electron chi connectivity index (χ0n) is 16.6. The van der Waals surface area contributed by atoms with E-state index in [-0.39, 0.29) is 15.9 Å². The van der Waals surface area contributed by atoms with Crippen LogP contribution in [0.4, 0.5) is 8.78 Å². The monoisotopic (exact) mass is 425 g/mol. The van der Waals surface area contributed by atoms with Crippen molar-refractivity contribution in [1.82, 2.24) is 9.78 Å². The Morgan fingerprint density at radius 1 is 1.19 bits per heavy atom. The fraction of sp³-hybridized carbons (Fsp3) is 0.136. The average molecular weight is 425 g/mol. The molecule has 0 spiro atoms. The van der Waals surface area contributed by atoms with Crippen LogP contribution in [0.15, 0.2) is 61.1 Å². The van der Waals surface area contributed by atoms with Crippen LogP contribution < -0.4 is 9.47 Å². The Morgan fingerprint density at radius 2 is 1.97 bits per heavy atom. The number of hydrogen-bond acceptors (Lipinski definition) is 5. The number of fused-ring (bicyclic) bond motifs is 1. The van der Waals surface area contributed by atoms with Crippen LogP contribution in [0.2, 0.25) is 0 Å². The summed E-state index contributed by atoms with van der Waals surface area (Å²) in [7, 11) is 1.28. The Morgan fingerprint density at radius 3 is 2.68 bits per heavy atom. The van der Waals surface area contributed by atoms with Gasteiger partial charge in [0, 0.05) is 24.0 Å². The Bertz CT molecular complexity index is 1280. The molecule has 0 saturated heterocycles. The lowest BCUT2D eigenvalue weighted by Crippen LogP contribution is -2.28. The van der Waals surface area contributed by atoms with E-state index in [1.54, 1.807) is 48.3 Å². The van der Waals surface area contributed by atoms with Gasteiger partial charge in [0.15, 0.2) is 11.6 Å². The molecule has 31 heavy (non-hydrogen) atoms. The molecule has 0 bridgehead atoms. The number of rotatable bonds is 5. The molecule has 4 rings (SSSR count). The lowest BCUT2D eigenvalue weighted by atomic mass is 10.0. The van der Waals surface area contributed by atoms with Crippen LogP contribution in [-0.4, -0.2) is 22.9 Å². The molecule has 1 unspecified atom stereocenters. The van der Waals surface area contributed by atoms with Gasteiger partial charge in [0.25, 0.3) is 5.52 Å². The second-order valence-corrected chi connectivity index (χ2v) is 6.77. The van der Waals surface area contributed by atoms with E-state index in [4.69, 9.17) is 9.47 Å². The van der Waals surface area contributed by atoms with E-state index < -0.39 is 29.2 Å². The molecule has 0 radical (unpaired) electrons. The maximum Gasteiger partial charge on any atom is 0.337 e. The molecule has 2 aromatic carbocycles. The van der Waals surface area contributed by atoms with Crippen molar-refractivity contribution in [1.29, 1.82) is 0 Å². The van der Waals surface area contributed by atoms with Crippen LogP contribution in [0.25, 0.3) is 16.6 Å². The first-order chi connectivity index (χ1) is 14.9. The van der Waals surface area contributed by atoms with Gasteiger partial charge in [0.05, 0.1) is 23.7 Å². The van der Waals surface area contributed by atoms with Crippen molar-refractivity contribution in [2.24, 2.45) is 0 Å². The summed E-state index contributed by atoms with van der Waals surface area (Å²) >= 11 is 0. The van der Waals surface area contributed by atoms with Gasteiger partial charge < -0.3 is 14.7 Å². The summed E-state index contributed by atoms with van der Waals surface area (Å²) in [5, 5.41) is 16.3. The highest BCUT2D eigenvalue weighted by Gasteiger charge is 2.21. The molecule has 2 heterocycles. The topological polar surface area (TPSA) is 80.3 Å². The summed E-state index contributed by atoms with van der Waals surface area (Å²) in [5.41, 5.74) is 1.10. The third kappa shape index (κ3) is 3.77. The van der Waals surface area contributed by atoms with Crippen molar-refractivity contribution >= 4 is 16.9 Å². The fourth-order valence-electron chi connectivity index (χ4n) is 3.35. The molecule has 0 amide bonds. The number of pyridine rings is 1. The minimum Gasteiger partial charge on any atom is -0.618 e. The second-order valence-electron chi connectivity index (χ2n) is 6.77. The number of aromatic nitrogens is 3. The molecule has 0 aliphatic rings. The number of hydrogen-bond donors (Lipinski definition) is 0. The molecule has 158 valence electrons. The second kappa shape index (κ2) is 8.02. The summed E-state index contributed by atoms with van der Waals surface area (Å²) in [5.74, 6) is -2.07. The van der Waals surface area contributed by atoms with E-state index >= 15 is 0 Å². The van der Waals surface area contributed by atoms with Gasteiger partial charge in [0.2, 0.25) is 6.20 Å². The third-order valence-corrected chi connectivity index (χ3v) is 4.82. The lowest BCUT2D eigenvalue weighted by molar-refractivity contribution is -0.578. The van der Waals surface area contributed by atoms with Crippen molar-refractivity contribution in [2.45, 2.75) is 13.0 Å². The molecule has 0 saturated carbocycles. The van der Waals surface area contributed by atoms with Gasteiger partial charge in [-0.3, -0.25) is 0 Å². The number of halogens is 2. The van der Waals surface area contributed by atoms with Crippen molar-refractivity contribution in [3.63, 3.8) is 0 Å². The molecule has 2 aromatic heterocycles. The highest BCUT2D eigenvalue weighted by molar-refractivity contribution is 5.90. The number of nitrogens with zero attached hydrogens (tertiary/aromatic N) is 3. The van der Waals surface area contributed by atoms with E-state index in [0.29, 0.717) is 16.8 Å². The average Bonchev–Trinajstić information content (AvgIpc) is 3.30. The zero-order chi connectivity index (χ0) is 22.1. The fourth-order valence-corrected chi connectivity index (χ4v) is 3.35. The molecule has 4 aromatic rings. The maximum absolute atomic E-state index is 14.2. The maximum atomic E-state index is 14.2. The van der Waals surface area contributed by atoms with Crippen LogP contribution in [0.3, 0.4) is 0 Å². The molecule has 0 aliphatic carbocycles. The Balaban J connectivity index is 1.77. The van der Waals surface area contributed by atoms with Gasteiger partial charge in [-0.25, -0.2) is 13.9 Å². The molecule has 7 nitrogen and oxygen atoms in total. The van der Waals surface area contributed by atoms with Gasteiger partial charge in [-0.1, -0.05) is 0 Å². The first kappa shape index (κ1) is 20.3. The quantitative estimate of drug-likeness (QED) is 0.276. The molecule has 1 atom stereocenters. The summed E-state index contributed by atoms with van der Waals surface area (Å²) in [6, 6.07) is 9.72. The Hall–Kier alpha value is -4.01. The number of benzene rings is 2. The predicted molar refractivity (Wildman–Crippen MR) is 107 cm³/mol. The van der Waals surface area contributed by atoms with Gasteiger partial charge in [-0.15, -0.1) is 0 Å². The van der Waals surface area contributed by atoms with E-state index in [9.17, 15) is 18.8 Å². The smallest absolute Gasteiger partial charge is 0.337 e. The summed E-state index contributed by atoms with van der Waals surface area (Å²) in [6.45, 7) is 1.70. The van der Waals surface area contributed by atoms with Crippen molar-refractivity contribution < 1.29 is 27.8 Å². The highest BCUT2D eigenvalue weighted by Crippen LogP contribution is 2.29. The molecular weight excluding hydrogens is 408 g/mol. The van der Waals surface area contributed by atoms with Crippen LogP contribution in [0.1, 0.15) is 28.9 Å². The van der Waals surface area contributed by atoms with Gasteiger partial charge in [0.1, 0.15) is 11.9 Å². The first-order valence-electron chi connectivity index (χ1n) is 9.29. The van der Waals surface area contributed by atoms with Crippen molar-refractivity contribution in [2.75, 3.05) is 7.11 Å². The number of esters is 1.